The van der Waals surface area contributed by atoms with E-state index >= 15 is 0 Å². The van der Waals surface area contributed by atoms with E-state index in [9.17, 15) is 4.39 Å². The van der Waals surface area contributed by atoms with Crippen LogP contribution in [0.1, 0.15) is 5.56 Å². The van der Waals surface area contributed by atoms with Gasteiger partial charge in [-0.25, -0.2) is 4.39 Å². The van der Waals surface area contributed by atoms with Crippen molar-refractivity contribution in [3.8, 4) is 5.75 Å². The summed E-state index contributed by atoms with van der Waals surface area (Å²) in [6.45, 7) is 1.96. The summed E-state index contributed by atoms with van der Waals surface area (Å²) in [5, 5.41) is 0. The molecule has 0 radical (unpaired) electrons. The number of nitrogen functional groups attached to an aromatic ring is 1. The third-order valence-electron chi connectivity index (χ3n) is 3.16. The third-order valence-corrected chi connectivity index (χ3v) is 3.16. The first-order valence-electron chi connectivity index (χ1n) is 5.97. The van der Waals surface area contributed by atoms with Gasteiger partial charge in [0.05, 0.1) is 18.5 Å². The summed E-state index contributed by atoms with van der Waals surface area (Å²) < 4.78 is 18.7. The van der Waals surface area contributed by atoms with Crippen molar-refractivity contribution in [2.45, 2.75) is 6.92 Å². The van der Waals surface area contributed by atoms with E-state index in [4.69, 9.17) is 10.5 Å². The molecule has 3 nitrogen and oxygen atoms in total. The second-order valence-electron chi connectivity index (χ2n) is 4.39. The number of nitrogens with two attached hydrogens (primary N) is 1. The Kier molecular flexibility index (Phi) is 3.60. The molecule has 2 N–H and O–H groups in total. The molecule has 0 saturated carbocycles. The van der Waals surface area contributed by atoms with Crippen LogP contribution in [-0.4, -0.2) is 14.2 Å². The Hall–Kier alpha value is -2.23. The Morgan fingerprint density at radius 1 is 1.21 bits per heavy atom. The molecule has 19 heavy (non-hydrogen) atoms. The Bertz CT molecular complexity index is 599. The molecule has 0 bridgehead atoms. The van der Waals surface area contributed by atoms with Crippen molar-refractivity contribution in [3.05, 3.63) is 47.8 Å². The fraction of sp³-hybridized carbons (Fsp3) is 0.200. The van der Waals surface area contributed by atoms with Crippen LogP contribution in [0.5, 0.6) is 5.75 Å². The van der Waals surface area contributed by atoms with Crippen LogP contribution in [0.15, 0.2) is 36.4 Å². The van der Waals surface area contributed by atoms with Crippen LogP contribution < -0.4 is 15.4 Å². The van der Waals surface area contributed by atoms with Crippen molar-refractivity contribution in [3.63, 3.8) is 0 Å². The highest BCUT2D eigenvalue weighted by molar-refractivity contribution is 5.75. The van der Waals surface area contributed by atoms with Gasteiger partial charge in [-0.2, -0.15) is 0 Å². The first-order valence-corrected chi connectivity index (χ1v) is 5.97. The van der Waals surface area contributed by atoms with E-state index in [0.717, 1.165) is 17.0 Å². The van der Waals surface area contributed by atoms with Crippen LogP contribution >= 0.6 is 0 Å². The minimum absolute atomic E-state index is 0.151. The summed E-state index contributed by atoms with van der Waals surface area (Å²) in [7, 11) is 3.49. The van der Waals surface area contributed by atoms with E-state index in [2.05, 4.69) is 0 Å². The normalized spacial score (nSPS) is 10.3. The Morgan fingerprint density at radius 3 is 2.58 bits per heavy atom. The quantitative estimate of drug-likeness (QED) is 0.858. The molecule has 0 fully saturated rings. The van der Waals surface area contributed by atoms with Crippen LogP contribution in [0.3, 0.4) is 0 Å². The second-order valence-corrected chi connectivity index (χ2v) is 4.39. The molecule has 0 unspecified atom stereocenters. The minimum atomic E-state index is -0.408. The van der Waals surface area contributed by atoms with Crippen LogP contribution in [-0.2, 0) is 0 Å². The molecule has 0 atom stereocenters. The van der Waals surface area contributed by atoms with Gasteiger partial charge in [0.1, 0.15) is 11.6 Å². The number of halogens is 1. The molecule has 0 amide bonds. The second kappa shape index (κ2) is 5.18. The number of rotatable bonds is 3. The van der Waals surface area contributed by atoms with Gasteiger partial charge in [0.15, 0.2) is 0 Å². The first-order chi connectivity index (χ1) is 9.04. The predicted octanol–water partition coefficient (Wildman–Crippen LogP) is 3.49. The fourth-order valence-corrected chi connectivity index (χ4v) is 2.03. The molecule has 2 rings (SSSR count). The topological polar surface area (TPSA) is 38.5 Å². The van der Waals surface area contributed by atoms with E-state index in [1.807, 2.05) is 37.1 Å². The summed E-state index contributed by atoms with van der Waals surface area (Å²) in [6.07, 6.45) is 0. The van der Waals surface area contributed by atoms with Crippen molar-refractivity contribution in [1.82, 2.24) is 0 Å². The number of nitrogens with zero attached hydrogens (tertiary/aromatic N) is 1. The Labute approximate surface area is 112 Å². The maximum atomic E-state index is 13.5. The van der Waals surface area contributed by atoms with Crippen molar-refractivity contribution < 1.29 is 9.13 Å². The largest absolute Gasteiger partial charge is 0.496 e. The average Bonchev–Trinajstić information content (AvgIpc) is 2.41. The lowest BCUT2D eigenvalue weighted by molar-refractivity contribution is 0.412. The lowest BCUT2D eigenvalue weighted by Crippen LogP contribution is -2.12. The number of para-hydroxylation sites is 1. The number of methoxy groups -OCH3 is 1. The van der Waals surface area contributed by atoms with Crippen molar-refractivity contribution >= 4 is 17.1 Å². The monoisotopic (exact) mass is 260 g/mol. The number of hydrogen-bond donors (Lipinski definition) is 1. The molecule has 0 aliphatic heterocycles. The highest BCUT2D eigenvalue weighted by Crippen LogP contribution is 2.32. The Balaban J connectivity index is 2.41. The van der Waals surface area contributed by atoms with Gasteiger partial charge < -0.3 is 15.4 Å². The molecule has 0 spiro atoms. The van der Waals surface area contributed by atoms with Crippen LogP contribution in [0.25, 0.3) is 0 Å². The number of aryl methyl sites for hydroxylation is 1. The predicted molar refractivity (Wildman–Crippen MR) is 76.6 cm³/mol. The molecule has 0 saturated heterocycles. The van der Waals surface area contributed by atoms with E-state index in [0.29, 0.717) is 5.69 Å². The highest BCUT2D eigenvalue weighted by atomic mass is 19.1. The van der Waals surface area contributed by atoms with Gasteiger partial charge in [-0.1, -0.05) is 6.07 Å². The highest BCUT2D eigenvalue weighted by Gasteiger charge is 2.11. The van der Waals surface area contributed by atoms with Crippen LogP contribution in [0, 0.1) is 12.7 Å². The minimum Gasteiger partial charge on any atom is -0.496 e. The SMILES string of the molecule is COc1ccc(N(C)c2cccc(F)c2N)cc1C. The van der Waals surface area contributed by atoms with Gasteiger partial charge >= 0.3 is 0 Å². The van der Waals surface area contributed by atoms with E-state index < -0.39 is 5.82 Å². The zero-order valence-electron chi connectivity index (χ0n) is 11.3. The zero-order chi connectivity index (χ0) is 14.0. The molecular weight excluding hydrogens is 243 g/mol. The van der Waals surface area contributed by atoms with Gasteiger partial charge in [0.25, 0.3) is 0 Å². The number of benzene rings is 2. The van der Waals surface area contributed by atoms with Gasteiger partial charge in [0, 0.05) is 12.7 Å². The lowest BCUT2D eigenvalue weighted by Gasteiger charge is -2.22. The van der Waals surface area contributed by atoms with E-state index in [-0.39, 0.29) is 5.69 Å². The maximum absolute atomic E-state index is 13.5. The van der Waals surface area contributed by atoms with E-state index in [1.165, 1.54) is 6.07 Å². The van der Waals surface area contributed by atoms with Crippen LogP contribution in [0.2, 0.25) is 0 Å². The van der Waals surface area contributed by atoms with Crippen molar-refractivity contribution in [2.24, 2.45) is 0 Å². The molecule has 0 aromatic heterocycles. The maximum Gasteiger partial charge on any atom is 0.148 e. The van der Waals surface area contributed by atoms with Crippen molar-refractivity contribution in [2.75, 3.05) is 24.8 Å². The first kappa shape index (κ1) is 13.2. The molecule has 0 aliphatic carbocycles. The summed E-state index contributed by atoms with van der Waals surface area (Å²) in [5.74, 6) is 0.416. The summed E-state index contributed by atoms with van der Waals surface area (Å²) in [5.41, 5.74) is 8.51. The molecule has 2 aromatic rings. The Morgan fingerprint density at radius 2 is 1.95 bits per heavy atom. The molecule has 4 heteroatoms. The van der Waals surface area contributed by atoms with Gasteiger partial charge in [-0.15, -0.1) is 0 Å². The molecule has 100 valence electrons. The standard InChI is InChI=1S/C15H17FN2O/c1-10-9-11(7-8-14(10)19-3)18(2)13-6-4-5-12(16)15(13)17/h4-9H,17H2,1-3H3. The molecular formula is C15H17FN2O. The van der Waals surface area contributed by atoms with Crippen LogP contribution in [0.4, 0.5) is 21.5 Å². The molecule has 2 aromatic carbocycles. The smallest absolute Gasteiger partial charge is 0.148 e. The third kappa shape index (κ3) is 2.47. The van der Waals surface area contributed by atoms with E-state index in [1.54, 1.807) is 19.2 Å². The zero-order valence-corrected chi connectivity index (χ0v) is 11.3. The summed E-state index contributed by atoms with van der Waals surface area (Å²) in [4.78, 5) is 1.85. The van der Waals surface area contributed by atoms with Gasteiger partial charge in [0.2, 0.25) is 0 Å². The van der Waals surface area contributed by atoms with Crippen molar-refractivity contribution in [1.29, 1.82) is 0 Å². The number of hydrogen-bond acceptors (Lipinski definition) is 3. The van der Waals surface area contributed by atoms with Gasteiger partial charge in [-0.3, -0.25) is 0 Å². The number of anilines is 3. The lowest BCUT2D eigenvalue weighted by atomic mass is 10.1. The molecule has 0 aliphatic rings. The van der Waals surface area contributed by atoms with Gasteiger partial charge in [-0.05, 0) is 42.8 Å². The average molecular weight is 260 g/mol. The number of ether oxygens (including phenoxy) is 1. The summed E-state index contributed by atoms with van der Waals surface area (Å²) in [6, 6.07) is 10.6. The molecule has 0 heterocycles. The summed E-state index contributed by atoms with van der Waals surface area (Å²) >= 11 is 0. The fourth-order valence-electron chi connectivity index (χ4n) is 2.03.